The van der Waals surface area contributed by atoms with Gasteiger partial charge in [0.05, 0.1) is 7.11 Å². The molecule has 0 saturated carbocycles. The number of ether oxygens (including phenoxy) is 1. The minimum atomic E-state index is 0.467. The van der Waals surface area contributed by atoms with Gasteiger partial charge in [-0.05, 0) is 48.6 Å². The predicted octanol–water partition coefficient (Wildman–Crippen LogP) is 4.78. The van der Waals surface area contributed by atoms with Gasteiger partial charge in [0.1, 0.15) is 5.75 Å². The van der Waals surface area contributed by atoms with E-state index in [1.54, 1.807) is 7.11 Å². The summed E-state index contributed by atoms with van der Waals surface area (Å²) in [4.78, 5) is 4.55. The van der Waals surface area contributed by atoms with E-state index in [-0.39, 0.29) is 0 Å². The summed E-state index contributed by atoms with van der Waals surface area (Å²) in [5, 5.41) is 0. The maximum absolute atomic E-state index is 5.24. The van der Waals surface area contributed by atoms with Crippen LogP contribution in [0, 0.1) is 0 Å². The first-order chi connectivity index (χ1) is 9.80. The van der Waals surface area contributed by atoms with Gasteiger partial charge in [-0.25, -0.2) is 0 Å². The molecule has 0 aliphatic carbocycles. The smallest absolute Gasteiger partial charge is 0.118 e. The van der Waals surface area contributed by atoms with Crippen molar-refractivity contribution in [3.05, 3.63) is 59.9 Å². The minimum Gasteiger partial charge on any atom is -0.497 e. The van der Waals surface area contributed by atoms with Crippen LogP contribution in [-0.4, -0.2) is 12.1 Å². The van der Waals surface area contributed by atoms with Gasteiger partial charge in [0.2, 0.25) is 0 Å². The third-order valence-corrected chi connectivity index (χ3v) is 3.98. The highest BCUT2D eigenvalue weighted by Gasteiger charge is 2.22. The molecule has 0 saturated heterocycles. The normalized spacial score (nSPS) is 13.8. The molecule has 0 aliphatic heterocycles. The largest absolute Gasteiger partial charge is 0.497 e. The molecule has 1 aromatic carbocycles. The van der Waals surface area contributed by atoms with Gasteiger partial charge in [-0.15, -0.1) is 0 Å². The van der Waals surface area contributed by atoms with Crippen LogP contribution in [0.15, 0.2) is 48.7 Å². The van der Waals surface area contributed by atoms with Crippen molar-refractivity contribution in [2.75, 3.05) is 7.11 Å². The molecule has 0 fully saturated rings. The van der Waals surface area contributed by atoms with E-state index in [9.17, 15) is 0 Å². The van der Waals surface area contributed by atoms with Gasteiger partial charge in [-0.2, -0.15) is 0 Å². The Kier molecular flexibility index (Phi) is 5.16. The van der Waals surface area contributed by atoms with Crippen LogP contribution in [0.1, 0.15) is 49.8 Å². The van der Waals surface area contributed by atoms with E-state index in [1.807, 2.05) is 24.4 Å². The lowest BCUT2D eigenvalue weighted by Crippen LogP contribution is -2.11. The second-order valence-corrected chi connectivity index (χ2v) is 5.06. The van der Waals surface area contributed by atoms with E-state index >= 15 is 0 Å². The average Bonchev–Trinajstić information content (AvgIpc) is 2.53. The van der Waals surface area contributed by atoms with E-state index in [4.69, 9.17) is 4.74 Å². The number of methoxy groups -OCH3 is 1. The number of hydrogen-bond acceptors (Lipinski definition) is 2. The Morgan fingerprint density at radius 2 is 1.65 bits per heavy atom. The number of rotatable bonds is 6. The molecule has 2 atom stereocenters. The van der Waals surface area contributed by atoms with Crippen molar-refractivity contribution in [2.45, 2.75) is 38.5 Å². The van der Waals surface area contributed by atoms with Crippen LogP contribution in [0.25, 0.3) is 0 Å². The van der Waals surface area contributed by atoms with Gasteiger partial charge in [-0.3, -0.25) is 4.98 Å². The minimum absolute atomic E-state index is 0.467. The lowest BCUT2D eigenvalue weighted by molar-refractivity contribution is 0.414. The molecule has 0 N–H and O–H groups in total. The fraction of sp³-hybridized carbons (Fsp3) is 0.389. The van der Waals surface area contributed by atoms with Crippen LogP contribution in [0.2, 0.25) is 0 Å². The van der Waals surface area contributed by atoms with Crippen molar-refractivity contribution in [1.29, 1.82) is 0 Å². The third kappa shape index (κ3) is 3.19. The van der Waals surface area contributed by atoms with Crippen LogP contribution in [0.3, 0.4) is 0 Å². The SMILES string of the molecule is CC[C@H](c1ccc(OC)cc1)[C@H](CC)c1ccccn1. The highest BCUT2D eigenvalue weighted by molar-refractivity contribution is 5.31. The Hall–Kier alpha value is -1.83. The predicted molar refractivity (Wildman–Crippen MR) is 83.3 cm³/mol. The Labute approximate surface area is 121 Å². The molecule has 0 unspecified atom stereocenters. The second-order valence-electron chi connectivity index (χ2n) is 5.06. The van der Waals surface area contributed by atoms with Crippen molar-refractivity contribution >= 4 is 0 Å². The molecule has 2 heteroatoms. The average molecular weight is 269 g/mol. The van der Waals surface area contributed by atoms with Crippen LogP contribution < -0.4 is 4.74 Å². The van der Waals surface area contributed by atoms with Gasteiger partial charge in [0, 0.05) is 17.8 Å². The molecule has 20 heavy (non-hydrogen) atoms. The lowest BCUT2D eigenvalue weighted by atomic mass is 9.80. The summed E-state index contributed by atoms with van der Waals surface area (Å²) in [6.45, 7) is 4.49. The van der Waals surface area contributed by atoms with Crippen molar-refractivity contribution in [2.24, 2.45) is 0 Å². The number of nitrogens with zero attached hydrogens (tertiary/aromatic N) is 1. The highest BCUT2D eigenvalue weighted by Crippen LogP contribution is 2.37. The van der Waals surface area contributed by atoms with Crippen LogP contribution >= 0.6 is 0 Å². The van der Waals surface area contributed by atoms with Crippen molar-refractivity contribution in [3.8, 4) is 5.75 Å². The Balaban J connectivity index is 2.29. The third-order valence-electron chi connectivity index (χ3n) is 3.98. The molecule has 2 rings (SSSR count). The number of hydrogen-bond donors (Lipinski definition) is 0. The quantitative estimate of drug-likeness (QED) is 0.753. The molecule has 1 aromatic heterocycles. The summed E-state index contributed by atoms with van der Waals surface area (Å²) < 4.78 is 5.24. The maximum Gasteiger partial charge on any atom is 0.118 e. The van der Waals surface area contributed by atoms with Crippen LogP contribution in [-0.2, 0) is 0 Å². The van der Waals surface area contributed by atoms with E-state index in [2.05, 4.69) is 43.1 Å². The Bertz CT molecular complexity index is 507. The lowest BCUT2D eigenvalue weighted by Gasteiger charge is -2.25. The van der Waals surface area contributed by atoms with Crippen molar-refractivity contribution in [3.63, 3.8) is 0 Å². The molecule has 0 bridgehead atoms. The molecular weight excluding hydrogens is 246 g/mol. The van der Waals surface area contributed by atoms with E-state index < -0.39 is 0 Å². The summed E-state index contributed by atoms with van der Waals surface area (Å²) in [5.41, 5.74) is 2.56. The number of aromatic nitrogens is 1. The first kappa shape index (κ1) is 14.6. The maximum atomic E-state index is 5.24. The van der Waals surface area contributed by atoms with E-state index in [0.29, 0.717) is 11.8 Å². The molecule has 1 heterocycles. The Morgan fingerprint density at radius 3 is 2.15 bits per heavy atom. The summed E-state index contributed by atoms with van der Waals surface area (Å²) in [6, 6.07) is 14.6. The van der Waals surface area contributed by atoms with Gasteiger partial charge >= 0.3 is 0 Å². The monoisotopic (exact) mass is 269 g/mol. The highest BCUT2D eigenvalue weighted by atomic mass is 16.5. The summed E-state index contributed by atoms with van der Waals surface area (Å²) >= 11 is 0. The van der Waals surface area contributed by atoms with Gasteiger partial charge in [0.15, 0.2) is 0 Å². The molecule has 0 radical (unpaired) electrons. The van der Waals surface area contributed by atoms with Crippen LogP contribution in [0.4, 0.5) is 0 Å². The summed E-state index contributed by atoms with van der Waals surface area (Å²) in [6.07, 6.45) is 4.10. The standard InChI is InChI=1S/C18H23NO/c1-4-16(14-9-11-15(20-3)12-10-14)17(5-2)18-8-6-7-13-19-18/h6-13,16-17H,4-5H2,1-3H3/t16-,17+/m1/s1. The Morgan fingerprint density at radius 1 is 0.950 bits per heavy atom. The fourth-order valence-corrected chi connectivity index (χ4v) is 2.90. The zero-order chi connectivity index (χ0) is 14.4. The molecule has 2 aromatic rings. The summed E-state index contributed by atoms with van der Waals surface area (Å²) in [5.74, 6) is 1.88. The first-order valence-electron chi connectivity index (χ1n) is 7.35. The van der Waals surface area contributed by atoms with E-state index in [0.717, 1.165) is 18.6 Å². The zero-order valence-corrected chi connectivity index (χ0v) is 12.5. The van der Waals surface area contributed by atoms with Crippen molar-refractivity contribution < 1.29 is 4.74 Å². The number of pyridine rings is 1. The van der Waals surface area contributed by atoms with Gasteiger partial charge < -0.3 is 4.74 Å². The van der Waals surface area contributed by atoms with Gasteiger partial charge in [-0.1, -0.05) is 32.0 Å². The van der Waals surface area contributed by atoms with Crippen LogP contribution in [0.5, 0.6) is 5.75 Å². The van der Waals surface area contributed by atoms with Gasteiger partial charge in [0.25, 0.3) is 0 Å². The number of benzene rings is 1. The molecule has 106 valence electrons. The summed E-state index contributed by atoms with van der Waals surface area (Å²) in [7, 11) is 1.70. The fourth-order valence-electron chi connectivity index (χ4n) is 2.90. The zero-order valence-electron chi connectivity index (χ0n) is 12.5. The first-order valence-corrected chi connectivity index (χ1v) is 7.35. The molecule has 0 amide bonds. The topological polar surface area (TPSA) is 22.1 Å². The second kappa shape index (κ2) is 7.09. The van der Waals surface area contributed by atoms with Crippen molar-refractivity contribution in [1.82, 2.24) is 4.98 Å². The molecular formula is C18H23NO. The van der Waals surface area contributed by atoms with E-state index in [1.165, 1.54) is 11.3 Å². The molecule has 2 nitrogen and oxygen atoms in total. The molecule has 0 spiro atoms. The molecule has 0 aliphatic rings.